The molecule has 0 atom stereocenters. The van der Waals surface area contributed by atoms with Crippen molar-refractivity contribution in [3.8, 4) is 11.5 Å². The summed E-state index contributed by atoms with van der Waals surface area (Å²) in [4.78, 5) is 22.3. The van der Waals surface area contributed by atoms with Crippen molar-refractivity contribution in [1.82, 2.24) is 0 Å². The Kier molecular flexibility index (Phi) is 3.90. The number of halogens is 1. The number of carbonyl (C=O) groups is 2. The van der Waals surface area contributed by atoms with E-state index in [1.54, 1.807) is 0 Å². The van der Waals surface area contributed by atoms with Crippen molar-refractivity contribution in [1.29, 1.82) is 0 Å². The van der Waals surface area contributed by atoms with Gasteiger partial charge < -0.3 is 14.6 Å². The van der Waals surface area contributed by atoms with Crippen LogP contribution in [0.15, 0.2) is 0 Å². The molecule has 0 radical (unpaired) electrons. The van der Waals surface area contributed by atoms with Gasteiger partial charge in [-0.25, -0.2) is 9.18 Å². The second-order valence-corrected chi connectivity index (χ2v) is 3.64. The Morgan fingerprint density at radius 3 is 1.94 bits per heavy atom. The number of hydrogen-bond acceptors (Lipinski definition) is 4. The summed E-state index contributed by atoms with van der Waals surface area (Å²) in [6, 6.07) is 0. The first-order valence-corrected chi connectivity index (χ1v) is 5.05. The maximum absolute atomic E-state index is 13.9. The van der Waals surface area contributed by atoms with Crippen LogP contribution in [0, 0.1) is 19.7 Å². The molecule has 0 aliphatic carbocycles. The van der Waals surface area contributed by atoms with E-state index in [1.807, 2.05) is 0 Å². The van der Waals surface area contributed by atoms with E-state index >= 15 is 0 Å². The van der Waals surface area contributed by atoms with Crippen LogP contribution >= 0.6 is 0 Å². The Morgan fingerprint density at radius 1 is 1.06 bits per heavy atom. The third-order valence-electron chi connectivity index (χ3n) is 2.64. The van der Waals surface area contributed by atoms with Gasteiger partial charge in [0.25, 0.3) is 5.78 Å². The topological polar surface area (TPSA) is 72.8 Å². The molecule has 0 spiro atoms. The molecule has 18 heavy (non-hydrogen) atoms. The van der Waals surface area contributed by atoms with Crippen LogP contribution in [-0.4, -0.2) is 31.1 Å². The third-order valence-corrected chi connectivity index (χ3v) is 2.64. The number of rotatable bonds is 4. The minimum absolute atomic E-state index is 0.0187. The molecule has 1 N–H and O–H groups in total. The molecule has 1 rings (SSSR count). The summed E-state index contributed by atoms with van der Waals surface area (Å²) in [6.07, 6.45) is 0. The maximum Gasteiger partial charge on any atom is 0.377 e. The van der Waals surface area contributed by atoms with Crippen LogP contribution < -0.4 is 9.47 Å². The van der Waals surface area contributed by atoms with E-state index in [4.69, 9.17) is 14.6 Å². The number of ketones is 1. The van der Waals surface area contributed by atoms with Crippen molar-refractivity contribution in [2.24, 2.45) is 0 Å². The number of hydrogen-bond donors (Lipinski definition) is 1. The first kappa shape index (κ1) is 14.0. The number of carboxylic acid groups (broad SMARTS) is 1. The molecule has 1 aromatic rings. The lowest BCUT2D eigenvalue weighted by molar-refractivity contribution is -0.131. The minimum atomic E-state index is -1.68. The van der Waals surface area contributed by atoms with Crippen LogP contribution in [0.2, 0.25) is 0 Å². The van der Waals surface area contributed by atoms with Crippen LogP contribution in [0.25, 0.3) is 0 Å². The van der Waals surface area contributed by atoms with Gasteiger partial charge in [-0.3, -0.25) is 4.79 Å². The van der Waals surface area contributed by atoms with Crippen LogP contribution in [0.1, 0.15) is 21.5 Å². The monoisotopic (exact) mass is 256 g/mol. The zero-order valence-electron chi connectivity index (χ0n) is 10.5. The molecule has 0 aromatic heterocycles. The van der Waals surface area contributed by atoms with Crippen LogP contribution in [-0.2, 0) is 4.79 Å². The molecule has 0 saturated carbocycles. The number of aliphatic carboxylic acids is 1. The molecule has 0 saturated heterocycles. The van der Waals surface area contributed by atoms with E-state index in [9.17, 15) is 14.0 Å². The lowest BCUT2D eigenvalue weighted by atomic mass is 9.98. The summed E-state index contributed by atoms with van der Waals surface area (Å²) >= 11 is 0. The van der Waals surface area contributed by atoms with Crippen LogP contribution in [0.3, 0.4) is 0 Å². The highest BCUT2D eigenvalue weighted by Gasteiger charge is 2.29. The molecule has 0 fully saturated rings. The Labute approximate surface area is 103 Å². The number of carboxylic acids is 1. The highest BCUT2D eigenvalue weighted by atomic mass is 19.1. The standard InChI is InChI=1S/C12H13FO5/c1-5-7(9(14)12(15)16)11(18-4)10(17-3)6(2)8(5)13/h1-4H3,(H,15,16). The molecule has 0 aliphatic heterocycles. The average molecular weight is 256 g/mol. The van der Waals surface area contributed by atoms with Crippen molar-refractivity contribution in [3.05, 3.63) is 22.5 Å². The van der Waals surface area contributed by atoms with Crippen molar-refractivity contribution in [2.45, 2.75) is 13.8 Å². The van der Waals surface area contributed by atoms with Crippen LogP contribution in [0.5, 0.6) is 11.5 Å². The molecule has 6 heteroatoms. The van der Waals surface area contributed by atoms with Gasteiger partial charge in [-0.2, -0.15) is 0 Å². The van der Waals surface area contributed by atoms with Gasteiger partial charge in [0.05, 0.1) is 19.8 Å². The molecule has 0 heterocycles. The Morgan fingerprint density at radius 2 is 1.56 bits per heavy atom. The molecule has 1 aromatic carbocycles. The minimum Gasteiger partial charge on any atom is -0.492 e. The Balaban J connectivity index is 3.74. The van der Waals surface area contributed by atoms with Gasteiger partial charge >= 0.3 is 5.97 Å². The van der Waals surface area contributed by atoms with E-state index in [0.29, 0.717) is 0 Å². The first-order chi connectivity index (χ1) is 8.36. The van der Waals surface area contributed by atoms with Gasteiger partial charge in [-0.05, 0) is 13.8 Å². The number of Topliss-reactive ketones (excluding diaryl/α,β-unsaturated/α-hetero) is 1. The zero-order chi connectivity index (χ0) is 14.0. The highest BCUT2D eigenvalue weighted by Crippen LogP contribution is 2.39. The predicted molar refractivity (Wildman–Crippen MR) is 60.9 cm³/mol. The maximum atomic E-state index is 13.9. The molecule has 0 unspecified atom stereocenters. The van der Waals surface area contributed by atoms with Gasteiger partial charge in [0, 0.05) is 11.1 Å². The van der Waals surface area contributed by atoms with Gasteiger partial charge in [0.1, 0.15) is 5.82 Å². The smallest absolute Gasteiger partial charge is 0.377 e. The summed E-state index contributed by atoms with van der Waals surface area (Å²) < 4.78 is 23.8. The van der Waals surface area contributed by atoms with Crippen molar-refractivity contribution < 1.29 is 28.6 Å². The second-order valence-electron chi connectivity index (χ2n) is 3.64. The molecule has 0 amide bonds. The van der Waals surface area contributed by atoms with Gasteiger partial charge in [-0.15, -0.1) is 0 Å². The fraction of sp³-hybridized carbons (Fsp3) is 0.333. The normalized spacial score (nSPS) is 10.1. The molecule has 0 bridgehead atoms. The predicted octanol–water partition coefficient (Wildman–Crippen LogP) is 1.73. The molecular formula is C12H13FO5. The van der Waals surface area contributed by atoms with E-state index in [0.717, 1.165) is 0 Å². The Bertz CT molecular complexity index is 522. The molecule has 98 valence electrons. The van der Waals surface area contributed by atoms with E-state index in [2.05, 4.69) is 0 Å². The fourth-order valence-corrected chi connectivity index (χ4v) is 1.77. The lowest BCUT2D eigenvalue weighted by Crippen LogP contribution is -2.17. The Hall–Kier alpha value is -2.11. The first-order valence-electron chi connectivity index (χ1n) is 5.05. The molecular weight excluding hydrogens is 243 g/mol. The van der Waals surface area contributed by atoms with E-state index < -0.39 is 17.6 Å². The third kappa shape index (κ3) is 2.01. The summed E-state index contributed by atoms with van der Waals surface area (Å²) in [6.45, 7) is 2.78. The molecule has 0 aliphatic rings. The number of benzene rings is 1. The summed E-state index contributed by atoms with van der Waals surface area (Å²) in [5.41, 5.74) is -0.240. The quantitative estimate of drug-likeness (QED) is 0.656. The number of ether oxygens (including phenoxy) is 2. The average Bonchev–Trinajstić information content (AvgIpc) is 2.34. The second kappa shape index (κ2) is 5.03. The largest absolute Gasteiger partial charge is 0.492 e. The molecule has 5 nitrogen and oxygen atoms in total. The summed E-state index contributed by atoms with van der Waals surface area (Å²) in [7, 11) is 2.54. The number of methoxy groups -OCH3 is 2. The van der Waals surface area contributed by atoms with Crippen molar-refractivity contribution in [2.75, 3.05) is 14.2 Å². The summed E-state index contributed by atoms with van der Waals surface area (Å²) in [5.74, 6) is -3.65. The summed E-state index contributed by atoms with van der Waals surface area (Å²) in [5, 5.41) is 8.74. The van der Waals surface area contributed by atoms with E-state index in [-0.39, 0.29) is 28.2 Å². The fourth-order valence-electron chi connectivity index (χ4n) is 1.77. The van der Waals surface area contributed by atoms with Gasteiger partial charge in [0.15, 0.2) is 11.5 Å². The lowest BCUT2D eigenvalue weighted by Gasteiger charge is -2.16. The zero-order valence-corrected chi connectivity index (χ0v) is 10.5. The van der Waals surface area contributed by atoms with Gasteiger partial charge in [0.2, 0.25) is 0 Å². The van der Waals surface area contributed by atoms with Crippen LogP contribution in [0.4, 0.5) is 4.39 Å². The van der Waals surface area contributed by atoms with Gasteiger partial charge in [-0.1, -0.05) is 0 Å². The number of carbonyl (C=O) groups excluding carboxylic acids is 1. The van der Waals surface area contributed by atoms with Crippen molar-refractivity contribution in [3.63, 3.8) is 0 Å². The highest BCUT2D eigenvalue weighted by molar-refractivity contribution is 6.41. The van der Waals surface area contributed by atoms with Crippen molar-refractivity contribution >= 4 is 11.8 Å². The van der Waals surface area contributed by atoms with E-state index in [1.165, 1.54) is 28.1 Å². The SMILES string of the molecule is COc1c(C)c(F)c(C)c(C(=O)C(=O)O)c1OC.